The standard InChI is InChI=1S/C17H12N4O3S.Na.H/c18-10-11-5-1-4-8-14(11)20-21-15-9-16(25(22,23)24)12-6-2-3-7-13(12)17(15)19;;/h1-9H,19H2,(H,22,23,24);;/b21-20+;;. The average Bonchev–Trinajstić information content (AvgIpc) is 2.60. The van der Waals surface area contributed by atoms with Gasteiger partial charge in [0.2, 0.25) is 0 Å². The summed E-state index contributed by atoms with van der Waals surface area (Å²) in [5.74, 6) is 0. The van der Waals surface area contributed by atoms with E-state index in [4.69, 9.17) is 11.0 Å². The second kappa shape index (κ2) is 7.95. The molecule has 0 saturated carbocycles. The molecule has 3 rings (SSSR count). The van der Waals surface area contributed by atoms with Crippen LogP contribution >= 0.6 is 0 Å². The average molecular weight is 376 g/mol. The molecule has 0 heterocycles. The van der Waals surface area contributed by atoms with Crippen LogP contribution < -0.4 is 5.73 Å². The van der Waals surface area contributed by atoms with Crippen LogP contribution in [0.25, 0.3) is 10.8 Å². The molecule has 0 aromatic heterocycles. The third kappa shape index (κ3) is 3.93. The first-order chi connectivity index (χ1) is 11.9. The maximum absolute atomic E-state index is 11.7. The molecule has 126 valence electrons. The Morgan fingerprint density at radius 1 is 0.962 bits per heavy atom. The Hall–Kier alpha value is -2.28. The van der Waals surface area contributed by atoms with Crippen molar-refractivity contribution >= 4 is 67.5 Å². The number of hydrogen-bond acceptors (Lipinski definition) is 6. The molecule has 3 aromatic carbocycles. The molecule has 0 saturated heterocycles. The van der Waals surface area contributed by atoms with Gasteiger partial charge >= 0.3 is 29.6 Å². The van der Waals surface area contributed by atoms with E-state index in [2.05, 4.69) is 10.2 Å². The quantitative estimate of drug-likeness (QED) is 0.313. The first kappa shape index (κ1) is 20.0. The van der Waals surface area contributed by atoms with E-state index in [-0.39, 0.29) is 45.8 Å². The predicted molar refractivity (Wildman–Crippen MR) is 101 cm³/mol. The molecule has 9 heteroatoms. The second-order valence-corrected chi connectivity index (χ2v) is 6.55. The summed E-state index contributed by atoms with van der Waals surface area (Å²) in [4.78, 5) is -0.306. The van der Waals surface area contributed by atoms with Crippen LogP contribution in [0.4, 0.5) is 17.1 Å². The van der Waals surface area contributed by atoms with Gasteiger partial charge in [-0.1, -0.05) is 36.4 Å². The molecule has 0 aliphatic heterocycles. The summed E-state index contributed by atoms with van der Waals surface area (Å²) in [6.45, 7) is 0. The fraction of sp³-hybridized carbons (Fsp3) is 0. The Morgan fingerprint density at radius 2 is 1.54 bits per heavy atom. The van der Waals surface area contributed by atoms with Crippen LogP contribution in [0.5, 0.6) is 0 Å². The Morgan fingerprint density at radius 3 is 2.19 bits per heavy atom. The summed E-state index contributed by atoms with van der Waals surface area (Å²) < 4.78 is 32.9. The number of anilines is 1. The molecular weight excluding hydrogens is 363 g/mol. The van der Waals surface area contributed by atoms with Crippen LogP contribution in [0.3, 0.4) is 0 Å². The molecule has 0 spiro atoms. The second-order valence-electron chi connectivity index (χ2n) is 5.16. The van der Waals surface area contributed by atoms with Crippen molar-refractivity contribution in [3.05, 3.63) is 60.2 Å². The molecule has 3 aromatic rings. The van der Waals surface area contributed by atoms with Crippen molar-refractivity contribution in [3.63, 3.8) is 0 Å². The Balaban J connectivity index is 0.00000243. The van der Waals surface area contributed by atoms with Gasteiger partial charge in [-0.3, -0.25) is 4.55 Å². The van der Waals surface area contributed by atoms with Gasteiger partial charge in [0, 0.05) is 10.8 Å². The number of nitrogen functional groups attached to an aromatic ring is 1. The summed E-state index contributed by atoms with van der Waals surface area (Å²) >= 11 is 0. The third-order valence-corrected chi connectivity index (χ3v) is 4.49. The fourth-order valence-corrected chi connectivity index (χ4v) is 3.13. The summed E-state index contributed by atoms with van der Waals surface area (Å²) in [6.07, 6.45) is 0. The molecule has 0 aliphatic carbocycles. The number of nitrogens with zero attached hydrogens (tertiary/aromatic N) is 3. The van der Waals surface area contributed by atoms with Crippen LogP contribution in [0.2, 0.25) is 0 Å². The maximum atomic E-state index is 11.7. The molecule has 0 unspecified atom stereocenters. The Labute approximate surface area is 172 Å². The normalized spacial score (nSPS) is 11.2. The number of fused-ring (bicyclic) bond motifs is 1. The van der Waals surface area contributed by atoms with E-state index in [1.807, 2.05) is 6.07 Å². The van der Waals surface area contributed by atoms with Crippen molar-refractivity contribution in [2.45, 2.75) is 4.90 Å². The number of rotatable bonds is 3. The van der Waals surface area contributed by atoms with Crippen LogP contribution in [0, 0.1) is 11.3 Å². The predicted octanol–water partition coefficient (Wildman–Crippen LogP) is 3.31. The molecule has 0 radical (unpaired) electrons. The summed E-state index contributed by atoms with van der Waals surface area (Å²) in [5, 5.41) is 17.8. The van der Waals surface area contributed by atoms with E-state index in [1.54, 1.807) is 48.5 Å². The van der Waals surface area contributed by atoms with Crippen LogP contribution in [0.1, 0.15) is 5.56 Å². The van der Waals surface area contributed by atoms with E-state index >= 15 is 0 Å². The van der Waals surface area contributed by atoms with E-state index in [0.29, 0.717) is 22.0 Å². The molecule has 0 bridgehead atoms. The number of benzene rings is 3. The minimum atomic E-state index is -4.47. The van der Waals surface area contributed by atoms with Crippen molar-refractivity contribution in [1.29, 1.82) is 5.26 Å². The van der Waals surface area contributed by atoms with Gasteiger partial charge in [-0.05, 0) is 18.2 Å². The molecule has 26 heavy (non-hydrogen) atoms. The van der Waals surface area contributed by atoms with Crippen LogP contribution in [-0.2, 0) is 10.1 Å². The van der Waals surface area contributed by atoms with Crippen molar-refractivity contribution in [1.82, 2.24) is 0 Å². The van der Waals surface area contributed by atoms with Gasteiger partial charge in [-0.2, -0.15) is 13.7 Å². The topological polar surface area (TPSA) is 129 Å². The molecule has 7 nitrogen and oxygen atoms in total. The van der Waals surface area contributed by atoms with Crippen molar-refractivity contribution in [2.75, 3.05) is 5.73 Å². The summed E-state index contributed by atoms with van der Waals surface area (Å²) in [7, 11) is -4.47. The zero-order valence-corrected chi connectivity index (χ0v) is 13.6. The third-order valence-electron chi connectivity index (χ3n) is 3.59. The Kier molecular flexibility index (Phi) is 6.13. The molecule has 3 N–H and O–H groups in total. The Bertz CT molecular complexity index is 1150. The molecule has 0 aliphatic rings. The van der Waals surface area contributed by atoms with Gasteiger partial charge in [0.15, 0.2) is 0 Å². The molecule has 0 atom stereocenters. The van der Waals surface area contributed by atoms with Gasteiger partial charge in [0.05, 0.1) is 11.3 Å². The number of azo groups is 1. The van der Waals surface area contributed by atoms with Gasteiger partial charge in [-0.25, -0.2) is 0 Å². The van der Waals surface area contributed by atoms with Gasteiger partial charge in [0.1, 0.15) is 22.3 Å². The van der Waals surface area contributed by atoms with Crippen molar-refractivity contribution < 1.29 is 13.0 Å². The number of nitrogens with two attached hydrogens (primary N) is 1. The molecule has 0 fully saturated rings. The molecule has 0 amide bonds. The summed E-state index contributed by atoms with van der Waals surface area (Å²) in [5.41, 5.74) is 7.02. The first-order valence-corrected chi connectivity index (χ1v) is 8.55. The van der Waals surface area contributed by atoms with E-state index in [1.165, 1.54) is 0 Å². The minimum absolute atomic E-state index is 0. The van der Waals surface area contributed by atoms with Gasteiger partial charge in [-0.15, -0.1) is 10.2 Å². The van der Waals surface area contributed by atoms with E-state index in [9.17, 15) is 13.0 Å². The van der Waals surface area contributed by atoms with Crippen molar-refractivity contribution in [3.8, 4) is 6.07 Å². The fourth-order valence-electron chi connectivity index (χ4n) is 2.41. The monoisotopic (exact) mass is 376 g/mol. The zero-order valence-electron chi connectivity index (χ0n) is 12.8. The zero-order chi connectivity index (χ0) is 18.0. The van der Waals surface area contributed by atoms with E-state index in [0.717, 1.165) is 6.07 Å². The van der Waals surface area contributed by atoms with Gasteiger partial charge in [0.25, 0.3) is 10.1 Å². The number of hydrogen-bond donors (Lipinski definition) is 2. The summed E-state index contributed by atoms with van der Waals surface area (Å²) in [6, 6.07) is 16.2. The molecular formula is C17H13N4NaO3S. The SMILES string of the molecule is N#Cc1ccccc1/N=N/c1cc(S(=O)(=O)O)c2ccccc2c1N.[NaH]. The van der Waals surface area contributed by atoms with Gasteiger partial charge < -0.3 is 5.73 Å². The number of nitriles is 1. The van der Waals surface area contributed by atoms with E-state index < -0.39 is 10.1 Å². The first-order valence-electron chi connectivity index (χ1n) is 7.11. The van der Waals surface area contributed by atoms with Crippen LogP contribution in [-0.4, -0.2) is 42.5 Å². The van der Waals surface area contributed by atoms with Crippen LogP contribution in [0.15, 0.2) is 69.7 Å². The van der Waals surface area contributed by atoms with Crippen molar-refractivity contribution in [2.24, 2.45) is 10.2 Å².